The van der Waals surface area contributed by atoms with Gasteiger partial charge in [0, 0.05) is 30.4 Å². The fraction of sp³-hybridized carbons (Fsp3) is 0.273. The molecule has 1 saturated heterocycles. The Labute approximate surface area is 182 Å². The minimum Gasteiger partial charge on any atom is -0.393 e. The van der Waals surface area contributed by atoms with E-state index >= 15 is 0 Å². The summed E-state index contributed by atoms with van der Waals surface area (Å²) < 4.78 is 39.7. The van der Waals surface area contributed by atoms with Gasteiger partial charge in [-0.2, -0.15) is 18.2 Å². The molecule has 31 heavy (non-hydrogen) atoms. The molecule has 9 heteroatoms. The molecule has 0 spiro atoms. The van der Waals surface area contributed by atoms with Crippen LogP contribution in [-0.4, -0.2) is 34.3 Å². The van der Waals surface area contributed by atoms with Gasteiger partial charge in [0.25, 0.3) is 0 Å². The summed E-state index contributed by atoms with van der Waals surface area (Å²) in [4.78, 5) is 11.1. The van der Waals surface area contributed by atoms with Crippen molar-refractivity contribution in [2.24, 2.45) is 0 Å². The van der Waals surface area contributed by atoms with E-state index in [0.29, 0.717) is 37.4 Å². The van der Waals surface area contributed by atoms with Crippen molar-refractivity contribution in [2.75, 3.05) is 23.3 Å². The van der Waals surface area contributed by atoms with Gasteiger partial charge in [-0.25, -0.2) is 4.98 Å². The monoisotopic (exact) mass is 448 g/mol. The number of hydrogen-bond donors (Lipinski definition) is 2. The minimum atomic E-state index is -4.57. The van der Waals surface area contributed by atoms with Gasteiger partial charge in [-0.1, -0.05) is 41.9 Å². The van der Waals surface area contributed by atoms with Gasteiger partial charge in [-0.3, -0.25) is 0 Å². The zero-order chi connectivity index (χ0) is 22.0. The van der Waals surface area contributed by atoms with Crippen LogP contribution in [0.3, 0.4) is 0 Å². The number of benzene rings is 2. The molecule has 0 atom stereocenters. The van der Waals surface area contributed by atoms with Gasteiger partial charge < -0.3 is 15.3 Å². The minimum absolute atomic E-state index is 0.179. The zero-order valence-corrected chi connectivity index (χ0v) is 17.2. The van der Waals surface area contributed by atoms with Gasteiger partial charge >= 0.3 is 6.18 Å². The van der Waals surface area contributed by atoms with E-state index < -0.39 is 11.7 Å². The Balaban J connectivity index is 1.71. The lowest BCUT2D eigenvalue weighted by Crippen LogP contribution is -2.36. The van der Waals surface area contributed by atoms with Crippen molar-refractivity contribution in [1.29, 1.82) is 0 Å². The number of alkyl halides is 3. The molecule has 2 aromatic carbocycles. The summed E-state index contributed by atoms with van der Waals surface area (Å²) in [6, 6.07) is 14.9. The lowest BCUT2D eigenvalue weighted by atomic mass is 10.1. The van der Waals surface area contributed by atoms with Crippen molar-refractivity contribution in [3.63, 3.8) is 0 Å². The summed E-state index contributed by atoms with van der Waals surface area (Å²) in [5, 5.41) is 12.3. The number of nitrogens with zero attached hydrogens (tertiary/aromatic N) is 3. The molecule has 1 aliphatic heterocycles. The Kier molecular flexibility index (Phi) is 6.02. The summed E-state index contributed by atoms with van der Waals surface area (Å²) >= 11 is 5.72. The molecule has 3 aromatic rings. The third-order valence-electron chi connectivity index (χ3n) is 5.10. The first-order valence-electron chi connectivity index (χ1n) is 9.81. The summed E-state index contributed by atoms with van der Waals surface area (Å²) in [7, 11) is 0. The lowest BCUT2D eigenvalue weighted by molar-refractivity contribution is -0.137. The second-order valence-corrected chi connectivity index (χ2v) is 7.74. The lowest BCUT2D eigenvalue weighted by Gasteiger charge is -2.30. The number of rotatable bonds is 4. The Morgan fingerprint density at radius 3 is 2.39 bits per heavy atom. The standard InChI is InChI=1S/C22H20ClF3N4O/c23-18-7-6-15(12-17(18)22(24,25)26)27-21-28-19(14-4-2-1-3-5-14)13-20(29-21)30-10-8-16(31)9-11-30/h1-7,12-13,16,31H,8-11H2,(H,27,28,29). The smallest absolute Gasteiger partial charge is 0.393 e. The molecule has 1 fully saturated rings. The number of anilines is 3. The van der Waals surface area contributed by atoms with Crippen molar-refractivity contribution in [3.05, 3.63) is 65.2 Å². The quantitative estimate of drug-likeness (QED) is 0.550. The van der Waals surface area contributed by atoms with Crippen LogP contribution in [0.5, 0.6) is 0 Å². The summed E-state index contributed by atoms with van der Waals surface area (Å²) in [5.74, 6) is 0.825. The van der Waals surface area contributed by atoms with Crippen molar-refractivity contribution in [3.8, 4) is 11.3 Å². The first-order valence-corrected chi connectivity index (χ1v) is 10.2. The van der Waals surface area contributed by atoms with E-state index in [9.17, 15) is 18.3 Å². The van der Waals surface area contributed by atoms with Crippen LogP contribution in [0.1, 0.15) is 18.4 Å². The first kappa shape index (κ1) is 21.4. The molecular weight excluding hydrogens is 429 g/mol. The number of hydrogen-bond acceptors (Lipinski definition) is 5. The molecule has 1 aliphatic rings. The molecule has 0 aliphatic carbocycles. The predicted octanol–water partition coefficient (Wildman–Crippen LogP) is 5.52. The average molecular weight is 449 g/mol. The molecule has 0 amide bonds. The predicted molar refractivity (Wildman–Crippen MR) is 115 cm³/mol. The molecule has 1 aromatic heterocycles. The fourth-order valence-electron chi connectivity index (χ4n) is 3.45. The third-order valence-corrected chi connectivity index (χ3v) is 5.43. The summed E-state index contributed by atoms with van der Waals surface area (Å²) in [5.41, 5.74) is 0.758. The zero-order valence-electron chi connectivity index (χ0n) is 16.4. The number of aromatic nitrogens is 2. The van der Waals surface area contributed by atoms with Gasteiger partial charge in [-0.05, 0) is 31.0 Å². The van der Waals surface area contributed by atoms with E-state index in [2.05, 4.69) is 15.3 Å². The van der Waals surface area contributed by atoms with Crippen molar-refractivity contribution < 1.29 is 18.3 Å². The van der Waals surface area contributed by atoms with Crippen molar-refractivity contribution in [1.82, 2.24) is 9.97 Å². The second-order valence-electron chi connectivity index (χ2n) is 7.34. The van der Waals surface area contributed by atoms with Gasteiger partial charge in [-0.15, -0.1) is 0 Å². The van der Waals surface area contributed by atoms with Crippen LogP contribution >= 0.6 is 11.6 Å². The Morgan fingerprint density at radius 2 is 1.71 bits per heavy atom. The van der Waals surface area contributed by atoms with Crippen molar-refractivity contribution >= 4 is 29.1 Å². The van der Waals surface area contributed by atoms with Crippen molar-refractivity contribution in [2.45, 2.75) is 25.1 Å². The molecule has 0 bridgehead atoms. The number of halogens is 4. The number of piperidine rings is 1. The van der Waals surface area contributed by atoms with Crippen LogP contribution < -0.4 is 10.2 Å². The second kappa shape index (κ2) is 8.72. The molecule has 2 heterocycles. The highest BCUT2D eigenvalue weighted by atomic mass is 35.5. The largest absolute Gasteiger partial charge is 0.417 e. The fourth-order valence-corrected chi connectivity index (χ4v) is 3.68. The maximum absolute atomic E-state index is 13.2. The van der Waals surface area contributed by atoms with E-state index in [1.165, 1.54) is 12.1 Å². The van der Waals surface area contributed by atoms with Gasteiger partial charge in [0.2, 0.25) is 5.95 Å². The highest BCUT2D eigenvalue weighted by Crippen LogP contribution is 2.37. The number of aliphatic hydroxyl groups is 1. The third kappa shape index (κ3) is 5.08. The molecule has 4 rings (SSSR count). The van der Waals surface area contributed by atoms with E-state index in [4.69, 9.17) is 11.6 Å². The van der Waals surface area contributed by atoms with Crippen LogP contribution in [0.25, 0.3) is 11.3 Å². The number of nitrogens with one attached hydrogen (secondary N) is 1. The normalized spacial score (nSPS) is 15.2. The molecule has 0 saturated carbocycles. The average Bonchev–Trinajstić information content (AvgIpc) is 2.75. The van der Waals surface area contributed by atoms with Crippen LogP contribution in [-0.2, 0) is 6.18 Å². The molecule has 162 valence electrons. The highest BCUT2D eigenvalue weighted by Gasteiger charge is 2.33. The molecule has 0 radical (unpaired) electrons. The van der Waals surface area contributed by atoms with Crippen LogP contribution in [0, 0.1) is 0 Å². The molecule has 2 N–H and O–H groups in total. The van der Waals surface area contributed by atoms with E-state index in [0.717, 1.165) is 11.6 Å². The van der Waals surface area contributed by atoms with E-state index in [1.807, 2.05) is 41.3 Å². The topological polar surface area (TPSA) is 61.3 Å². The van der Waals surface area contributed by atoms with Crippen LogP contribution in [0.15, 0.2) is 54.6 Å². The van der Waals surface area contributed by atoms with Gasteiger partial charge in [0.05, 0.1) is 22.4 Å². The van der Waals surface area contributed by atoms with Crippen LogP contribution in [0.2, 0.25) is 5.02 Å². The maximum Gasteiger partial charge on any atom is 0.417 e. The first-order chi connectivity index (χ1) is 14.8. The van der Waals surface area contributed by atoms with E-state index in [-0.39, 0.29) is 22.8 Å². The molecular formula is C22H20ClF3N4O. The summed E-state index contributed by atoms with van der Waals surface area (Å²) in [6.45, 7) is 1.26. The summed E-state index contributed by atoms with van der Waals surface area (Å²) in [6.07, 6.45) is -3.65. The molecule has 5 nitrogen and oxygen atoms in total. The number of aliphatic hydroxyl groups excluding tert-OH is 1. The Hall–Kier alpha value is -2.84. The SMILES string of the molecule is OC1CCN(c2cc(-c3ccccc3)nc(Nc3ccc(Cl)c(C(F)(F)F)c3)n2)CC1. The highest BCUT2D eigenvalue weighted by molar-refractivity contribution is 6.31. The van der Waals surface area contributed by atoms with E-state index in [1.54, 1.807) is 0 Å². The Bertz CT molecular complexity index is 1050. The maximum atomic E-state index is 13.2. The van der Waals surface area contributed by atoms with Gasteiger partial charge in [0.15, 0.2) is 0 Å². The molecule has 0 unspecified atom stereocenters. The van der Waals surface area contributed by atoms with Crippen LogP contribution in [0.4, 0.5) is 30.6 Å². The van der Waals surface area contributed by atoms with Gasteiger partial charge in [0.1, 0.15) is 5.82 Å². The Morgan fingerprint density at radius 1 is 1.00 bits per heavy atom.